The number of carbonyl (C=O) groups excluding carboxylic acids is 1. The van der Waals surface area contributed by atoms with Gasteiger partial charge in [0.15, 0.2) is 11.6 Å². The summed E-state index contributed by atoms with van der Waals surface area (Å²) in [6.45, 7) is 5.59. The molecule has 0 aliphatic heterocycles. The minimum atomic E-state index is 0.0156. The van der Waals surface area contributed by atoms with Crippen LogP contribution >= 0.6 is 0 Å². The lowest BCUT2D eigenvalue weighted by atomic mass is 10.1. The molecule has 0 aliphatic rings. The quantitative estimate of drug-likeness (QED) is 0.682. The zero-order chi connectivity index (χ0) is 17.8. The molecule has 2 aromatic carbocycles. The van der Waals surface area contributed by atoms with E-state index in [1.807, 2.05) is 44.2 Å². The summed E-state index contributed by atoms with van der Waals surface area (Å²) in [7, 11) is 0. The van der Waals surface area contributed by atoms with Crippen molar-refractivity contribution in [3.8, 4) is 0 Å². The summed E-state index contributed by atoms with van der Waals surface area (Å²) in [5.41, 5.74) is 4.60. The van der Waals surface area contributed by atoms with E-state index in [9.17, 15) is 4.79 Å². The Morgan fingerprint density at radius 1 is 1.00 bits per heavy atom. The van der Waals surface area contributed by atoms with E-state index in [1.165, 1.54) is 13.1 Å². The van der Waals surface area contributed by atoms with Crippen molar-refractivity contribution in [3.63, 3.8) is 0 Å². The molecule has 0 saturated heterocycles. The average molecular weight is 333 g/mol. The fraction of sp³-hybridized carbons (Fsp3) is 0.158. The van der Waals surface area contributed by atoms with Crippen LogP contribution in [-0.2, 0) is 0 Å². The number of aryl methyl sites for hydroxylation is 2. The number of nitrogens with one attached hydrogen (secondary N) is 2. The Labute approximate surface area is 146 Å². The summed E-state index contributed by atoms with van der Waals surface area (Å²) in [6, 6.07) is 13.3. The van der Waals surface area contributed by atoms with Crippen LogP contribution in [0.15, 0.2) is 48.7 Å². The van der Waals surface area contributed by atoms with Gasteiger partial charge < -0.3 is 10.6 Å². The molecule has 1 aromatic heterocycles. The topological polar surface area (TPSA) is 79.8 Å². The predicted octanol–water partition coefficient (Wildman–Crippen LogP) is 4.18. The van der Waals surface area contributed by atoms with Gasteiger partial charge in [-0.3, -0.25) is 4.79 Å². The Bertz CT molecular complexity index is 903. The third-order valence-electron chi connectivity index (χ3n) is 3.82. The second kappa shape index (κ2) is 7.09. The minimum Gasteiger partial charge on any atom is -0.339 e. The summed E-state index contributed by atoms with van der Waals surface area (Å²) in [6.07, 6.45) is 1.54. The minimum absolute atomic E-state index is 0.0156. The molecular formula is C19H19N5O. The fourth-order valence-corrected chi connectivity index (χ4v) is 2.50. The maximum atomic E-state index is 11.5. The van der Waals surface area contributed by atoms with Crippen LogP contribution in [0.5, 0.6) is 0 Å². The fourth-order valence-electron chi connectivity index (χ4n) is 2.50. The second-order valence-corrected chi connectivity index (χ2v) is 5.82. The van der Waals surface area contributed by atoms with E-state index >= 15 is 0 Å². The lowest BCUT2D eigenvalue weighted by Crippen LogP contribution is -2.04. The van der Waals surface area contributed by atoms with E-state index < -0.39 is 0 Å². The Morgan fingerprint density at radius 2 is 1.72 bits per heavy atom. The van der Waals surface area contributed by atoms with E-state index in [0.717, 1.165) is 22.5 Å². The first kappa shape index (κ1) is 16.6. The van der Waals surface area contributed by atoms with E-state index in [-0.39, 0.29) is 5.78 Å². The molecule has 3 rings (SSSR count). The van der Waals surface area contributed by atoms with Gasteiger partial charge in [0, 0.05) is 16.9 Å². The number of benzene rings is 2. The number of Topliss-reactive ketones (excluding diaryl/α,β-unsaturated/α-hetero) is 1. The van der Waals surface area contributed by atoms with Crippen molar-refractivity contribution < 1.29 is 4.79 Å². The third-order valence-corrected chi connectivity index (χ3v) is 3.82. The number of anilines is 4. The van der Waals surface area contributed by atoms with Gasteiger partial charge in [-0.25, -0.2) is 0 Å². The van der Waals surface area contributed by atoms with Gasteiger partial charge in [0.05, 0.1) is 6.20 Å². The normalized spacial score (nSPS) is 10.4. The van der Waals surface area contributed by atoms with E-state index in [0.29, 0.717) is 17.3 Å². The van der Waals surface area contributed by atoms with Crippen molar-refractivity contribution in [2.45, 2.75) is 20.8 Å². The van der Waals surface area contributed by atoms with Gasteiger partial charge in [-0.2, -0.15) is 10.1 Å². The van der Waals surface area contributed by atoms with Crippen molar-refractivity contribution in [2.24, 2.45) is 0 Å². The van der Waals surface area contributed by atoms with Crippen LogP contribution in [0.1, 0.15) is 28.4 Å². The van der Waals surface area contributed by atoms with Crippen LogP contribution in [0.4, 0.5) is 23.1 Å². The highest BCUT2D eigenvalue weighted by Gasteiger charge is 2.07. The van der Waals surface area contributed by atoms with Gasteiger partial charge in [0.1, 0.15) is 0 Å². The smallest absolute Gasteiger partial charge is 0.249 e. The number of hydrogen-bond acceptors (Lipinski definition) is 6. The second-order valence-electron chi connectivity index (χ2n) is 5.82. The highest BCUT2D eigenvalue weighted by molar-refractivity contribution is 5.95. The third kappa shape index (κ3) is 3.98. The summed E-state index contributed by atoms with van der Waals surface area (Å²) in [5, 5.41) is 14.4. The van der Waals surface area contributed by atoms with Crippen LogP contribution in [0, 0.1) is 13.8 Å². The number of ketones is 1. The highest BCUT2D eigenvalue weighted by atomic mass is 16.1. The summed E-state index contributed by atoms with van der Waals surface area (Å²) < 4.78 is 0. The Morgan fingerprint density at radius 3 is 2.44 bits per heavy atom. The summed E-state index contributed by atoms with van der Waals surface area (Å²) in [5.74, 6) is 0.969. The largest absolute Gasteiger partial charge is 0.339 e. The predicted molar refractivity (Wildman–Crippen MR) is 98.8 cm³/mol. The summed E-state index contributed by atoms with van der Waals surface area (Å²) >= 11 is 0. The molecule has 0 radical (unpaired) electrons. The van der Waals surface area contributed by atoms with E-state index in [2.05, 4.69) is 25.8 Å². The molecule has 2 N–H and O–H groups in total. The summed E-state index contributed by atoms with van der Waals surface area (Å²) in [4.78, 5) is 15.9. The average Bonchev–Trinajstić information content (AvgIpc) is 2.59. The molecule has 6 heteroatoms. The highest BCUT2D eigenvalue weighted by Crippen LogP contribution is 2.23. The van der Waals surface area contributed by atoms with E-state index in [1.54, 1.807) is 12.1 Å². The standard InChI is InChI=1S/C19H19N5O/c1-12-6-4-7-13(2)18(12)23-19-22-17(11-20-24-19)21-16-9-5-8-15(10-16)14(3)25/h4-11H,1-3H3,(H2,21,22,23,24). The van der Waals surface area contributed by atoms with Crippen LogP contribution in [-0.4, -0.2) is 21.0 Å². The molecule has 126 valence electrons. The monoisotopic (exact) mass is 333 g/mol. The first-order valence-electron chi connectivity index (χ1n) is 7.94. The van der Waals surface area contributed by atoms with Gasteiger partial charge >= 0.3 is 0 Å². The van der Waals surface area contributed by atoms with Crippen LogP contribution in [0.3, 0.4) is 0 Å². The number of rotatable bonds is 5. The molecular weight excluding hydrogens is 314 g/mol. The Balaban J connectivity index is 1.82. The Kier molecular flexibility index (Phi) is 4.70. The molecule has 25 heavy (non-hydrogen) atoms. The SMILES string of the molecule is CC(=O)c1cccc(Nc2cnnc(Nc3c(C)cccc3C)n2)c1. The van der Waals surface area contributed by atoms with Crippen LogP contribution in [0.25, 0.3) is 0 Å². The molecule has 6 nitrogen and oxygen atoms in total. The molecule has 0 atom stereocenters. The maximum Gasteiger partial charge on any atom is 0.249 e. The zero-order valence-corrected chi connectivity index (χ0v) is 14.4. The first-order valence-corrected chi connectivity index (χ1v) is 7.94. The van der Waals surface area contributed by atoms with Crippen molar-refractivity contribution in [3.05, 3.63) is 65.4 Å². The molecule has 0 aliphatic carbocycles. The number of nitrogens with zero attached hydrogens (tertiary/aromatic N) is 3. The van der Waals surface area contributed by atoms with Crippen molar-refractivity contribution in [2.75, 3.05) is 10.6 Å². The Hall–Kier alpha value is -3.28. The van der Waals surface area contributed by atoms with Gasteiger partial charge in [-0.05, 0) is 44.0 Å². The molecule has 1 heterocycles. The number of para-hydroxylation sites is 1. The lowest BCUT2D eigenvalue weighted by Gasteiger charge is -2.12. The number of aromatic nitrogens is 3. The van der Waals surface area contributed by atoms with Gasteiger partial charge in [0.2, 0.25) is 5.95 Å². The van der Waals surface area contributed by atoms with Crippen molar-refractivity contribution in [1.29, 1.82) is 0 Å². The van der Waals surface area contributed by atoms with Gasteiger partial charge in [-0.1, -0.05) is 30.3 Å². The van der Waals surface area contributed by atoms with E-state index in [4.69, 9.17) is 0 Å². The van der Waals surface area contributed by atoms with Crippen LogP contribution in [0.2, 0.25) is 0 Å². The molecule has 0 amide bonds. The number of hydrogen-bond donors (Lipinski definition) is 2. The molecule has 0 bridgehead atoms. The first-order chi connectivity index (χ1) is 12.0. The molecule has 0 spiro atoms. The number of carbonyl (C=O) groups is 1. The van der Waals surface area contributed by atoms with Crippen molar-refractivity contribution >= 4 is 28.9 Å². The molecule has 0 fully saturated rings. The van der Waals surface area contributed by atoms with Crippen LogP contribution < -0.4 is 10.6 Å². The molecule has 0 unspecified atom stereocenters. The molecule has 3 aromatic rings. The molecule has 0 saturated carbocycles. The maximum absolute atomic E-state index is 11.5. The van der Waals surface area contributed by atoms with Crippen molar-refractivity contribution in [1.82, 2.24) is 15.2 Å². The van der Waals surface area contributed by atoms with Gasteiger partial charge in [0.25, 0.3) is 0 Å². The zero-order valence-electron chi connectivity index (χ0n) is 14.4. The lowest BCUT2D eigenvalue weighted by molar-refractivity contribution is 0.101. The van der Waals surface area contributed by atoms with Gasteiger partial charge in [-0.15, -0.1) is 5.10 Å².